The number of oxime groups is 1. The molecule has 0 aromatic heterocycles. The monoisotopic (exact) mass is 516 g/mol. The molecule has 37 heavy (non-hydrogen) atoms. The average molecular weight is 517 g/mol. The maximum atomic E-state index is 13.8. The molecule has 0 unspecified atom stereocenters. The maximum Gasteiger partial charge on any atom is 0.416 e. The second-order valence-corrected chi connectivity index (χ2v) is 10.2. The molecule has 0 heterocycles. The summed E-state index contributed by atoms with van der Waals surface area (Å²) < 4.78 is 41.5. The van der Waals surface area contributed by atoms with Crippen molar-refractivity contribution in [3.05, 3.63) is 69.8 Å². The molecule has 5 nitrogen and oxygen atoms in total. The molecule has 8 heteroatoms. The quantitative estimate of drug-likeness (QED) is 0.189. The van der Waals surface area contributed by atoms with Crippen molar-refractivity contribution in [2.24, 2.45) is 5.16 Å². The van der Waals surface area contributed by atoms with Crippen LogP contribution in [-0.4, -0.2) is 23.3 Å². The predicted molar refractivity (Wildman–Crippen MR) is 137 cm³/mol. The minimum Gasteiger partial charge on any atom is -0.481 e. The van der Waals surface area contributed by atoms with Crippen LogP contribution in [0.25, 0.3) is 0 Å². The van der Waals surface area contributed by atoms with Gasteiger partial charge in [-0.25, -0.2) is 0 Å². The van der Waals surface area contributed by atoms with Crippen LogP contribution in [0.1, 0.15) is 104 Å². The number of hydrogen-bond donors (Lipinski definition) is 2. The summed E-state index contributed by atoms with van der Waals surface area (Å²) in [7, 11) is 0. The van der Waals surface area contributed by atoms with E-state index < -0.39 is 17.7 Å². The van der Waals surface area contributed by atoms with Gasteiger partial charge in [-0.2, -0.15) is 13.2 Å². The Labute approximate surface area is 216 Å². The third-order valence-electron chi connectivity index (χ3n) is 7.31. The van der Waals surface area contributed by atoms with Crippen LogP contribution in [0.4, 0.5) is 13.2 Å². The zero-order valence-electron chi connectivity index (χ0n) is 21.2. The van der Waals surface area contributed by atoms with Gasteiger partial charge in [0.15, 0.2) is 0 Å². The largest absolute Gasteiger partial charge is 0.481 e. The number of rotatable bonds is 11. The standard InChI is InChI=1S/C29H35F3N2O3/c1-19(23-10-11-24(17-33-14-13-28(35)36)26(16-23)22-8-9-22)34-37-18-20-7-12-25(21-5-3-2-4-6-21)27(15-20)29(30,31)32/h7,10-12,15-16,21-22,33H,2-6,8-9,13-14,17-18H2,1H3,(H,35,36)/b34-19-. The van der Waals surface area contributed by atoms with Crippen molar-refractivity contribution in [2.75, 3.05) is 6.54 Å². The van der Waals surface area contributed by atoms with Crippen LogP contribution in [0.5, 0.6) is 0 Å². The Kier molecular flexibility index (Phi) is 8.90. The van der Waals surface area contributed by atoms with Gasteiger partial charge in [-0.05, 0) is 84.4 Å². The molecule has 2 N–H and O–H groups in total. The number of benzene rings is 2. The van der Waals surface area contributed by atoms with Gasteiger partial charge in [0.2, 0.25) is 0 Å². The molecule has 2 saturated carbocycles. The lowest BCUT2D eigenvalue weighted by molar-refractivity contribution is -0.139. The van der Waals surface area contributed by atoms with Crippen molar-refractivity contribution in [3.63, 3.8) is 0 Å². The molecule has 0 aliphatic heterocycles. The summed E-state index contributed by atoms with van der Waals surface area (Å²) in [5.74, 6) is -0.364. The Bertz CT molecular complexity index is 1120. The van der Waals surface area contributed by atoms with Crippen molar-refractivity contribution in [1.82, 2.24) is 5.32 Å². The zero-order valence-corrected chi connectivity index (χ0v) is 21.2. The minimum absolute atomic E-state index is 0.0309. The molecule has 2 aliphatic carbocycles. The predicted octanol–water partition coefficient (Wildman–Crippen LogP) is 7.14. The SMILES string of the molecule is C/C(=N/OCc1ccc(C2CCCCC2)c(C(F)(F)F)c1)c1ccc(CNCCC(=O)O)c(C2CC2)c1. The summed E-state index contributed by atoms with van der Waals surface area (Å²) >= 11 is 0. The molecule has 2 aromatic rings. The second-order valence-electron chi connectivity index (χ2n) is 10.2. The van der Waals surface area contributed by atoms with E-state index in [0.717, 1.165) is 56.1 Å². The fourth-order valence-corrected chi connectivity index (χ4v) is 5.14. The van der Waals surface area contributed by atoms with Gasteiger partial charge in [-0.1, -0.05) is 48.7 Å². The van der Waals surface area contributed by atoms with Crippen LogP contribution in [0, 0.1) is 0 Å². The lowest BCUT2D eigenvalue weighted by Gasteiger charge is -2.25. The number of nitrogens with zero attached hydrogens (tertiary/aromatic N) is 1. The fourth-order valence-electron chi connectivity index (χ4n) is 5.14. The highest BCUT2D eigenvalue weighted by Crippen LogP contribution is 2.42. The Balaban J connectivity index is 1.41. The van der Waals surface area contributed by atoms with E-state index >= 15 is 0 Å². The number of alkyl halides is 3. The zero-order chi connectivity index (χ0) is 26.4. The minimum atomic E-state index is -4.40. The van der Waals surface area contributed by atoms with Gasteiger partial charge >= 0.3 is 12.1 Å². The summed E-state index contributed by atoms with van der Waals surface area (Å²) in [6.45, 7) is 2.80. The molecule has 2 aliphatic rings. The van der Waals surface area contributed by atoms with Crippen molar-refractivity contribution in [2.45, 2.75) is 89.5 Å². The topological polar surface area (TPSA) is 70.9 Å². The van der Waals surface area contributed by atoms with E-state index in [9.17, 15) is 18.0 Å². The van der Waals surface area contributed by atoms with Crippen LogP contribution >= 0.6 is 0 Å². The highest BCUT2D eigenvalue weighted by molar-refractivity contribution is 5.98. The van der Waals surface area contributed by atoms with E-state index in [1.165, 1.54) is 11.6 Å². The van der Waals surface area contributed by atoms with Gasteiger partial charge in [-0.3, -0.25) is 4.79 Å². The third-order valence-corrected chi connectivity index (χ3v) is 7.31. The van der Waals surface area contributed by atoms with Gasteiger partial charge in [0.25, 0.3) is 0 Å². The van der Waals surface area contributed by atoms with E-state index in [4.69, 9.17) is 9.94 Å². The van der Waals surface area contributed by atoms with E-state index in [1.54, 1.807) is 12.1 Å². The van der Waals surface area contributed by atoms with E-state index in [2.05, 4.69) is 16.5 Å². The summed E-state index contributed by atoms with van der Waals surface area (Å²) in [5.41, 5.74) is 4.22. The van der Waals surface area contributed by atoms with Gasteiger partial charge in [0.1, 0.15) is 6.61 Å². The van der Waals surface area contributed by atoms with E-state index in [1.807, 2.05) is 19.1 Å². The molecular weight excluding hydrogens is 481 g/mol. The van der Waals surface area contributed by atoms with Gasteiger partial charge < -0.3 is 15.3 Å². The van der Waals surface area contributed by atoms with E-state index in [-0.39, 0.29) is 18.9 Å². The summed E-state index contributed by atoms with van der Waals surface area (Å²) in [6, 6.07) is 10.6. The van der Waals surface area contributed by atoms with Crippen molar-refractivity contribution in [1.29, 1.82) is 0 Å². The van der Waals surface area contributed by atoms with E-state index in [0.29, 0.717) is 35.8 Å². The first-order valence-corrected chi connectivity index (χ1v) is 13.1. The number of carboxylic acids is 1. The molecule has 2 aromatic carbocycles. The Morgan fingerprint density at radius 1 is 1.03 bits per heavy atom. The number of hydrogen-bond acceptors (Lipinski definition) is 4. The molecule has 0 spiro atoms. The number of carbonyl (C=O) groups is 1. The van der Waals surface area contributed by atoms with Crippen LogP contribution in [0.3, 0.4) is 0 Å². The third kappa shape index (κ3) is 7.57. The highest BCUT2D eigenvalue weighted by Gasteiger charge is 2.35. The molecule has 2 fully saturated rings. The van der Waals surface area contributed by atoms with Crippen LogP contribution < -0.4 is 5.32 Å². The molecule has 4 rings (SSSR count). The first kappa shape index (κ1) is 27.2. The lowest BCUT2D eigenvalue weighted by Crippen LogP contribution is -2.18. The van der Waals surface area contributed by atoms with Crippen LogP contribution in [0.2, 0.25) is 0 Å². The van der Waals surface area contributed by atoms with Gasteiger partial charge in [0.05, 0.1) is 17.7 Å². The summed E-state index contributed by atoms with van der Waals surface area (Å²) in [4.78, 5) is 16.2. The Morgan fingerprint density at radius 3 is 2.43 bits per heavy atom. The molecule has 0 amide bonds. The normalized spacial score (nSPS) is 17.1. The highest BCUT2D eigenvalue weighted by atomic mass is 19.4. The van der Waals surface area contributed by atoms with Crippen LogP contribution in [-0.2, 0) is 29.0 Å². The van der Waals surface area contributed by atoms with Crippen molar-refractivity contribution in [3.8, 4) is 0 Å². The first-order valence-electron chi connectivity index (χ1n) is 13.1. The summed E-state index contributed by atoms with van der Waals surface area (Å²) in [5, 5.41) is 16.2. The number of aliphatic carboxylic acids is 1. The second kappa shape index (κ2) is 12.1. The molecule has 0 atom stereocenters. The number of halogens is 3. The number of carboxylic acid groups (broad SMARTS) is 1. The first-order chi connectivity index (χ1) is 17.7. The van der Waals surface area contributed by atoms with Gasteiger partial charge in [-0.15, -0.1) is 0 Å². The molecule has 0 radical (unpaired) electrons. The smallest absolute Gasteiger partial charge is 0.416 e. The fraction of sp³-hybridized carbons (Fsp3) is 0.517. The van der Waals surface area contributed by atoms with Crippen LogP contribution in [0.15, 0.2) is 41.6 Å². The maximum absolute atomic E-state index is 13.8. The molecule has 200 valence electrons. The Morgan fingerprint density at radius 2 is 1.76 bits per heavy atom. The lowest BCUT2D eigenvalue weighted by atomic mass is 9.81. The average Bonchev–Trinajstić information content (AvgIpc) is 3.72. The van der Waals surface area contributed by atoms with Crippen molar-refractivity contribution < 1.29 is 27.9 Å². The summed E-state index contributed by atoms with van der Waals surface area (Å²) in [6.07, 6.45) is 2.59. The molecular formula is C29H35F3N2O3. The molecule has 0 bridgehead atoms. The number of nitrogens with one attached hydrogen (secondary N) is 1. The van der Waals surface area contributed by atoms with Crippen molar-refractivity contribution >= 4 is 11.7 Å². The molecule has 0 saturated heterocycles. The van der Waals surface area contributed by atoms with Gasteiger partial charge in [0, 0.05) is 13.1 Å². The Hall–Kier alpha value is -2.87.